The monoisotopic (exact) mass is 382 g/mol. The first kappa shape index (κ1) is 20.4. The highest BCUT2D eigenvalue weighted by molar-refractivity contribution is 7.51. The van der Waals surface area contributed by atoms with Crippen LogP contribution >= 0.6 is 7.60 Å². The van der Waals surface area contributed by atoms with Crippen LogP contribution in [0.3, 0.4) is 0 Å². The van der Waals surface area contributed by atoms with Crippen LogP contribution in [-0.4, -0.2) is 46.1 Å². The molecule has 2 rings (SSSR count). The minimum absolute atomic E-state index is 0.0510. The smallest absolute Gasteiger partial charge is 0.325 e. The number of nitrogens with two attached hydrogens (primary N) is 1. The zero-order valence-electron chi connectivity index (χ0n) is 15.3. The van der Waals surface area contributed by atoms with Gasteiger partial charge in [-0.1, -0.05) is 6.58 Å². The maximum Gasteiger partial charge on any atom is 0.325 e. The number of allylic oxidation sites excluding steroid dienone is 1. The minimum Gasteiger partial charge on any atom is -0.495 e. The second kappa shape index (κ2) is 8.66. The molecule has 0 aromatic carbocycles. The topological polar surface area (TPSA) is 122 Å². The molecule has 1 aromatic rings. The third-order valence-corrected chi connectivity index (χ3v) is 5.51. The summed E-state index contributed by atoms with van der Waals surface area (Å²) in [6.45, 7) is 7.45. The van der Waals surface area contributed by atoms with Gasteiger partial charge < -0.3 is 25.2 Å². The lowest BCUT2D eigenvalue weighted by Gasteiger charge is -2.33. The zero-order valence-corrected chi connectivity index (χ0v) is 16.2. The molecular formula is C17H27N4O4P. The molecule has 0 unspecified atom stereocenters. The van der Waals surface area contributed by atoms with E-state index in [4.69, 9.17) is 20.3 Å². The van der Waals surface area contributed by atoms with E-state index in [9.17, 15) is 4.57 Å². The number of hydrogen-bond acceptors (Lipinski definition) is 6. The number of rotatable bonds is 6. The normalized spacial score (nSPS) is 18.0. The second-order valence-corrected chi connectivity index (χ2v) is 8.18. The fourth-order valence-electron chi connectivity index (χ4n) is 3.19. The molecule has 1 aliphatic heterocycles. The lowest BCUT2D eigenvalue weighted by Crippen LogP contribution is -2.43. The van der Waals surface area contributed by atoms with Gasteiger partial charge in [-0.15, -0.1) is 0 Å². The van der Waals surface area contributed by atoms with Crippen LogP contribution in [0.5, 0.6) is 0 Å². The molecule has 1 aromatic heterocycles. The van der Waals surface area contributed by atoms with Crippen molar-refractivity contribution in [3.05, 3.63) is 28.7 Å². The van der Waals surface area contributed by atoms with Crippen LogP contribution in [0.4, 0.5) is 5.82 Å². The minimum atomic E-state index is -3.92. The van der Waals surface area contributed by atoms with Gasteiger partial charge in [0.25, 0.3) is 0 Å². The predicted molar refractivity (Wildman–Crippen MR) is 102 cm³/mol. The van der Waals surface area contributed by atoms with Gasteiger partial charge in [-0.25, -0.2) is 9.97 Å². The summed E-state index contributed by atoms with van der Waals surface area (Å²) in [5, 5.41) is 1.20. The molecule has 1 aliphatic rings. The molecule has 0 radical (unpaired) electrons. The number of ether oxygens (including phenoxy) is 1. The van der Waals surface area contributed by atoms with Crippen molar-refractivity contribution in [1.29, 1.82) is 0 Å². The van der Waals surface area contributed by atoms with Crippen molar-refractivity contribution in [3.63, 3.8) is 0 Å². The van der Waals surface area contributed by atoms with E-state index in [1.807, 2.05) is 6.92 Å². The van der Waals surface area contributed by atoms with Crippen LogP contribution in [-0.2, 0) is 9.30 Å². The summed E-state index contributed by atoms with van der Waals surface area (Å²) in [4.78, 5) is 28.8. The van der Waals surface area contributed by atoms with Crippen LogP contribution in [0.25, 0.3) is 12.3 Å². The van der Waals surface area contributed by atoms with E-state index in [0.717, 1.165) is 31.7 Å². The molecule has 0 amide bonds. The highest BCUT2D eigenvalue weighted by Gasteiger charge is 2.23. The Morgan fingerprint density at radius 2 is 2.12 bits per heavy atom. The van der Waals surface area contributed by atoms with Gasteiger partial charge in [-0.05, 0) is 38.2 Å². The van der Waals surface area contributed by atoms with Crippen molar-refractivity contribution in [2.45, 2.75) is 26.2 Å². The van der Waals surface area contributed by atoms with Crippen molar-refractivity contribution >= 4 is 25.7 Å². The Hall–Kier alpha value is -1.89. The Labute approximate surface area is 153 Å². The van der Waals surface area contributed by atoms with E-state index in [0.29, 0.717) is 34.4 Å². The van der Waals surface area contributed by atoms with E-state index >= 15 is 0 Å². The summed E-state index contributed by atoms with van der Waals surface area (Å²) in [6.07, 6.45) is 5.44. The van der Waals surface area contributed by atoms with Gasteiger partial charge in [0, 0.05) is 18.3 Å². The lowest BCUT2D eigenvalue weighted by atomic mass is 9.94. The number of hydrogen-bond donors (Lipinski definition) is 3. The molecule has 4 N–H and O–H groups in total. The molecular weight excluding hydrogens is 355 g/mol. The van der Waals surface area contributed by atoms with Gasteiger partial charge in [0.15, 0.2) is 0 Å². The van der Waals surface area contributed by atoms with E-state index in [2.05, 4.69) is 21.4 Å². The van der Waals surface area contributed by atoms with Crippen molar-refractivity contribution in [2.24, 2.45) is 11.7 Å². The first-order chi connectivity index (χ1) is 12.3. The van der Waals surface area contributed by atoms with Gasteiger partial charge in [-0.2, -0.15) is 0 Å². The average Bonchev–Trinajstić information content (AvgIpc) is 2.61. The standard InChI is InChI=1S/C17H27N4O4P/c1-4-14(25-3)15(18)16-12(2)17(20-11-19-16)21-8-5-13(6-9-21)7-10-26(22,23)24/h4,11,13H,2,5-10,18H2,1,3H3,(H2,22,23,24)/b14-4+,16-15-. The summed E-state index contributed by atoms with van der Waals surface area (Å²) in [7, 11) is -2.37. The molecule has 0 bridgehead atoms. The summed E-state index contributed by atoms with van der Waals surface area (Å²) in [5.74, 6) is 1.59. The molecule has 26 heavy (non-hydrogen) atoms. The first-order valence-corrected chi connectivity index (χ1v) is 10.4. The van der Waals surface area contributed by atoms with Crippen molar-refractivity contribution < 1.29 is 19.1 Å². The van der Waals surface area contributed by atoms with Gasteiger partial charge in [0.05, 0.1) is 13.3 Å². The highest BCUT2D eigenvalue weighted by Crippen LogP contribution is 2.37. The largest absolute Gasteiger partial charge is 0.495 e. The first-order valence-electron chi connectivity index (χ1n) is 8.56. The van der Waals surface area contributed by atoms with Gasteiger partial charge >= 0.3 is 7.60 Å². The van der Waals surface area contributed by atoms with Crippen LogP contribution < -0.4 is 21.2 Å². The summed E-state index contributed by atoms with van der Waals surface area (Å²) in [5.41, 5.74) is 6.58. The number of aromatic nitrogens is 2. The summed E-state index contributed by atoms with van der Waals surface area (Å²) in [6, 6.07) is 0. The molecule has 1 saturated heterocycles. The molecule has 0 atom stereocenters. The van der Waals surface area contributed by atoms with Gasteiger partial charge in [0.1, 0.15) is 29.0 Å². The second-order valence-electron chi connectivity index (χ2n) is 6.40. The number of anilines is 1. The average molecular weight is 382 g/mol. The number of piperidine rings is 1. The predicted octanol–water partition coefficient (Wildman–Crippen LogP) is 0.288. The van der Waals surface area contributed by atoms with Crippen LogP contribution in [0, 0.1) is 5.92 Å². The Kier molecular flexibility index (Phi) is 6.81. The molecule has 0 spiro atoms. The van der Waals surface area contributed by atoms with Crippen LogP contribution in [0.15, 0.2) is 18.2 Å². The van der Waals surface area contributed by atoms with E-state index < -0.39 is 7.60 Å². The molecule has 8 nitrogen and oxygen atoms in total. The van der Waals surface area contributed by atoms with E-state index in [1.165, 1.54) is 6.33 Å². The lowest BCUT2D eigenvalue weighted by molar-refractivity contribution is 0.308. The molecule has 1 fully saturated rings. The fourth-order valence-corrected chi connectivity index (χ4v) is 3.89. The summed E-state index contributed by atoms with van der Waals surface area (Å²) >= 11 is 0. The molecule has 0 saturated carbocycles. The molecule has 2 heterocycles. The molecule has 144 valence electrons. The third kappa shape index (κ3) is 5.06. The molecule has 9 heteroatoms. The van der Waals surface area contributed by atoms with Crippen molar-refractivity contribution in [2.75, 3.05) is 31.3 Å². The van der Waals surface area contributed by atoms with Gasteiger partial charge in [-0.3, -0.25) is 4.57 Å². The SMILES string of the molecule is C=c1c(N2CCC(CCP(=O)(O)O)CC2)ncn/c1=C(N)/C(=C\C)OC. The van der Waals surface area contributed by atoms with Crippen molar-refractivity contribution in [1.82, 2.24) is 9.97 Å². The van der Waals surface area contributed by atoms with Gasteiger partial charge in [0.2, 0.25) is 0 Å². The van der Waals surface area contributed by atoms with E-state index in [1.54, 1.807) is 13.2 Å². The maximum atomic E-state index is 11.0. The Morgan fingerprint density at radius 3 is 2.65 bits per heavy atom. The quantitative estimate of drug-likeness (QED) is 0.474. The van der Waals surface area contributed by atoms with Crippen LogP contribution in [0.2, 0.25) is 0 Å². The Bertz CT molecular complexity index is 813. The van der Waals surface area contributed by atoms with E-state index in [-0.39, 0.29) is 6.16 Å². The molecule has 0 aliphatic carbocycles. The van der Waals surface area contributed by atoms with Crippen LogP contribution in [0.1, 0.15) is 26.2 Å². The number of nitrogens with zero attached hydrogens (tertiary/aromatic N) is 3. The number of methoxy groups -OCH3 is 1. The Morgan fingerprint density at radius 1 is 1.46 bits per heavy atom. The summed E-state index contributed by atoms with van der Waals surface area (Å²) < 4.78 is 16.3. The maximum absolute atomic E-state index is 11.0. The highest BCUT2D eigenvalue weighted by atomic mass is 31.2. The van der Waals surface area contributed by atoms with Crippen molar-refractivity contribution in [3.8, 4) is 0 Å². The zero-order chi connectivity index (χ0) is 19.3. The fraction of sp³-hybridized carbons (Fsp3) is 0.529. The Balaban J connectivity index is 2.17. The third-order valence-electron chi connectivity index (χ3n) is 4.67.